The standard InChI is InChI=1S/C14H20F3N3O/c1-2-7-20(10-14(15,16)17)9-13(21)19-12-5-3-11(8-18)4-6-12/h3-6H,2,7-10,18H2,1H3,(H,19,21). The van der Waals surface area contributed by atoms with Crippen molar-refractivity contribution in [3.05, 3.63) is 29.8 Å². The Morgan fingerprint density at radius 3 is 2.38 bits per heavy atom. The lowest BCUT2D eigenvalue weighted by Gasteiger charge is -2.22. The summed E-state index contributed by atoms with van der Waals surface area (Å²) in [6, 6.07) is 6.87. The minimum atomic E-state index is -4.31. The minimum Gasteiger partial charge on any atom is -0.326 e. The SMILES string of the molecule is CCCN(CC(=O)Nc1ccc(CN)cc1)CC(F)(F)F. The number of benzene rings is 1. The number of alkyl halides is 3. The maximum Gasteiger partial charge on any atom is 0.401 e. The highest BCUT2D eigenvalue weighted by atomic mass is 19.4. The molecular weight excluding hydrogens is 283 g/mol. The van der Waals surface area contributed by atoms with Gasteiger partial charge in [0.05, 0.1) is 13.1 Å². The van der Waals surface area contributed by atoms with Gasteiger partial charge in [-0.3, -0.25) is 9.69 Å². The van der Waals surface area contributed by atoms with Gasteiger partial charge >= 0.3 is 6.18 Å². The molecule has 4 nitrogen and oxygen atoms in total. The molecule has 21 heavy (non-hydrogen) atoms. The van der Waals surface area contributed by atoms with Crippen molar-refractivity contribution in [2.75, 3.05) is 25.0 Å². The van der Waals surface area contributed by atoms with Crippen LogP contribution in [0.25, 0.3) is 0 Å². The molecule has 7 heteroatoms. The molecule has 0 bridgehead atoms. The Balaban J connectivity index is 2.56. The molecule has 1 aromatic carbocycles. The van der Waals surface area contributed by atoms with Gasteiger partial charge in [0, 0.05) is 12.2 Å². The number of carbonyl (C=O) groups is 1. The average molecular weight is 303 g/mol. The Hall–Kier alpha value is -1.60. The van der Waals surface area contributed by atoms with Crippen LogP contribution in [0.5, 0.6) is 0 Å². The summed E-state index contributed by atoms with van der Waals surface area (Å²) in [6.45, 7) is 1.02. The van der Waals surface area contributed by atoms with E-state index in [9.17, 15) is 18.0 Å². The Morgan fingerprint density at radius 1 is 1.29 bits per heavy atom. The third-order valence-electron chi connectivity index (χ3n) is 2.78. The van der Waals surface area contributed by atoms with Gasteiger partial charge in [-0.05, 0) is 30.7 Å². The topological polar surface area (TPSA) is 58.4 Å². The first-order chi connectivity index (χ1) is 9.84. The summed E-state index contributed by atoms with van der Waals surface area (Å²) in [5.74, 6) is -0.465. The Kier molecular flexibility index (Phi) is 6.64. The van der Waals surface area contributed by atoms with E-state index in [1.807, 2.05) is 0 Å². The van der Waals surface area contributed by atoms with Crippen molar-refractivity contribution < 1.29 is 18.0 Å². The van der Waals surface area contributed by atoms with E-state index in [2.05, 4.69) is 5.32 Å². The van der Waals surface area contributed by atoms with Gasteiger partial charge in [0.25, 0.3) is 0 Å². The Bertz CT molecular complexity index is 446. The highest BCUT2D eigenvalue weighted by molar-refractivity contribution is 5.92. The summed E-state index contributed by atoms with van der Waals surface area (Å²) >= 11 is 0. The number of nitrogens with one attached hydrogen (secondary N) is 1. The van der Waals surface area contributed by atoms with Gasteiger partial charge in [-0.2, -0.15) is 13.2 Å². The van der Waals surface area contributed by atoms with Gasteiger partial charge in [-0.25, -0.2) is 0 Å². The Labute approximate surface area is 122 Å². The molecule has 0 fully saturated rings. The van der Waals surface area contributed by atoms with Crippen molar-refractivity contribution in [1.82, 2.24) is 4.90 Å². The predicted molar refractivity (Wildman–Crippen MR) is 75.7 cm³/mol. The summed E-state index contributed by atoms with van der Waals surface area (Å²) in [7, 11) is 0. The van der Waals surface area contributed by atoms with E-state index >= 15 is 0 Å². The number of hydrogen-bond donors (Lipinski definition) is 2. The second kappa shape index (κ2) is 7.99. The number of halogens is 3. The van der Waals surface area contributed by atoms with Crippen LogP contribution in [0.3, 0.4) is 0 Å². The number of nitrogens with two attached hydrogens (primary N) is 1. The summed E-state index contributed by atoms with van der Waals surface area (Å²) in [4.78, 5) is 12.9. The van der Waals surface area contributed by atoms with Crippen molar-refractivity contribution in [3.63, 3.8) is 0 Å². The molecule has 0 radical (unpaired) electrons. The minimum absolute atomic E-state index is 0.221. The maximum absolute atomic E-state index is 12.4. The Morgan fingerprint density at radius 2 is 1.90 bits per heavy atom. The van der Waals surface area contributed by atoms with E-state index in [-0.39, 0.29) is 13.1 Å². The quantitative estimate of drug-likeness (QED) is 0.813. The van der Waals surface area contributed by atoms with Crippen molar-refractivity contribution in [2.45, 2.75) is 26.1 Å². The van der Waals surface area contributed by atoms with Gasteiger partial charge in [-0.1, -0.05) is 19.1 Å². The molecule has 1 aromatic rings. The number of anilines is 1. The first-order valence-corrected chi connectivity index (χ1v) is 6.72. The normalized spacial score (nSPS) is 11.7. The molecule has 1 amide bonds. The molecule has 0 aliphatic heterocycles. The fraction of sp³-hybridized carbons (Fsp3) is 0.500. The van der Waals surface area contributed by atoms with E-state index in [1.54, 1.807) is 31.2 Å². The molecule has 0 aliphatic carbocycles. The number of amides is 1. The fourth-order valence-electron chi connectivity index (χ4n) is 1.91. The van der Waals surface area contributed by atoms with Crippen LogP contribution in [-0.4, -0.2) is 36.6 Å². The summed E-state index contributed by atoms with van der Waals surface area (Å²) in [5, 5.41) is 2.58. The number of rotatable bonds is 7. The van der Waals surface area contributed by atoms with Gasteiger partial charge in [0.15, 0.2) is 0 Å². The van der Waals surface area contributed by atoms with Gasteiger partial charge in [0.1, 0.15) is 0 Å². The zero-order valence-electron chi connectivity index (χ0n) is 11.9. The molecule has 0 saturated carbocycles. The third-order valence-corrected chi connectivity index (χ3v) is 2.78. The third kappa shape index (κ3) is 7.10. The van der Waals surface area contributed by atoms with Crippen LogP contribution in [0.1, 0.15) is 18.9 Å². The smallest absolute Gasteiger partial charge is 0.326 e. The number of carbonyl (C=O) groups excluding carboxylic acids is 1. The first kappa shape index (κ1) is 17.5. The van der Waals surface area contributed by atoms with Crippen LogP contribution in [0.4, 0.5) is 18.9 Å². The molecule has 0 aliphatic rings. The van der Waals surface area contributed by atoms with Crippen LogP contribution in [0, 0.1) is 0 Å². The molecule has 118 valence electrons. The molecule has 0 saturated heterocycles. The second-order valence-corrected chi connectivity index (χ2v) is 4.78. The molecular formula is C14H20F3N3O. The van der Waals surface area contributed by atoms with Crippen LogP contribution in [-0.2, 0) is 11.3 Å². The van der Waals surface area contributed by atoms with E-state index in [1.165, 1.54) is 0 Å². The highest BCUT2D eigenvalue weighted by Gasteiger charge is 2.31. The second-order valence-electron chi connectivity index (χ2n) is 4.78. The molecule has 0 aromatic heterocycles. The molecule has 0 spiro atoms. The number of nitrogens with zero attached hydrogens (tertiary/aromatic N) is 1. The zero-order valence-corrected chi connectivity index (χ0v) is 11.9. The lowest BCUT2D eigenvalue weighted by molar-refractivity contribution is -0.147. The summed E-state index contributed by atoms with van der Waals surface area (Å²) in [6.07, 6.45) is -3.76. The van der Waals surface area contributed by atoms with E-state index < -0.39 is 18.6 Å². The molecule has 0 heterocycles. The van der Waals surface area contributed by atoms with E-state index in [0.29, 0.717) is 18.7 Å². The van der Waals surface area contributed by atoms with Crippen molar-refractivity contribution in [2.24, 2.45) is 5.73 Å². The first-order valence-electron chi connectivity index (χ1n) is 6.72. The van der Waals surface area contributed by atoms with Crippen molar-refractivity contribution >= 4 is 11.6 Å². The van der Waals surface area contributed by atoms with E-state index in [0.717, 1.165) is 10.5 Å². The maximum atomic E-state index is 12.4. The monoisotopic (exact) mass is 303 g/mol. The van der Waals surface area contributed by atoms with Crippen molar-refractivity contribution in [1.29, 1.82) is 0 Å². The molecule has 0 atom stereocenters. The molecule has 3 N–H and O–H groups in total. The van der Waals surface area contributed by atoms with Crippen LogP contribution >= 0.6 is 0 Å². The average Bonchev–Trinajstić information content (AvgIpc) is 2.37. The van der Waals surface area contributed by atoms with Crippen molar-refractivity contribution in [3.8, 4) is 0 Å². The molecule has 0 unspecified atom stereocenters. The summed E-state index contributed by atoms with van der Waals surface area (Å²) in [5.41, 5.74) is 6.92. The van der Waals surface area contributed by atoms with Gasteiger partial charge < -0.3 is 11.1 Å². The predicted octanol–water partition coefficient (Wildman–Crippen LogP) is 2.36. The van der Waals surface area contributed by atoms with Gasteiger partial charge in [-0.15, -0.1) is 0 Å². The summed E-state index contributed by atoms with van der Waals surface area (Å²) < 4.78 is 37.2. The number of hydrogen-bond acceptors (Lipinski definition) is 3. The van der Waals surface area contributed by atoms with E-state index in [4.69, 9.17) is 5.73 Å². The van der Waals surface area contributed by atoms with Crippen LogP contribution < -0.4 is 11.1 Å². The lowest BCUT2D eigenvalue weighted by atomic mass is 10.2. The van der Waals surface area contributed by atoms with Crippen LogP contribution in [0.2, 0.25) is 0 Å². The highest BCUT2D eigenvalue weighted by Crippen LogP contribution is 2.16. The van der Waals surface area contributed by atoms with Gasteiger partial charge in [0.2, 0.25) is 5.91 Å². The fourth-order valence-corrected chi connectivity index (χ4v) is 1.91. The lowest BCUT2D eigenvalue weighted by Crippen LogP contribution is -2.40. The van der Waals surface area contributed by atoms with Crippen LogP contribution in [0.15, 0.2) is 24.3 Å². The largest absolute Gasteiger partial charge is 0.401 e. The zero-order chi connectivity index (χ0) is 15.9. The molecule has 1 rings (SSSR count).